The predicted molar refractivity (Wildman–Crippen MR) is 49.1 cm³/mol. The average molecular weight is 258 g/mol. The maximum Gasteiger partial charge on any atom is 0.225 e. The van der Waals surface area contributed by atoms with Crippen molar-refractivity contribution < 1.29 is 0 Å². The fraction of sp³-hybridized carbons (Fsp3) is 0. The maximum absolute atomic E-state index is 8.74. The van der Waals surface area contributed by atoms with Crippen LogP contribution in [0.25, 0.3) is 11.0 Å². The van der Waals surface area contributed by atoms with Gasteiger partial charge in [0.2, 0.25) is 5.28 Å². The van der Waals surface area contributed by atoms with Crippen molar-refractivity contribution in [1.29, 1.82) is 5.26 Å². The summed E-state index contributed by atoms with van der Waals surface area (Å²) in [6.45, 7) is 0. The van der Waals surface area contributed by atoms with Gasteiger partial charge in [-0.25, -0.2) is 4.98 Å². The smallest absolute Gasteiger partial charge is 0.225 e. The van der Waals surface area contributed by atoms with Crippen molar-refractivity contribution in [2.75, 3.05) is 0 Å². The van der Waals surface area contributed by atoms with E-state index in [0.717, 1.165) is 0 Å². The van der Waals surface area contributed by atoms with Crippen molar-refractivity contribution in [1.82, 2.24) is 20.2 Å². The highest BCUT2D eigenvalue weighted by Gasteiger charge is 2.11. The molecule has 0 aliphatic carbocycles. The van der Waals surface area contributed by atoms with Crippen LogP contribution >= 0.6 is 27.5 Å². The lowest BCUT2D eigenvalue weighted by Crippen LogP contribution is -1.89. The van der Waals surface area contributed by atoms with Crippen LogP contribution in [0.2, 0.25) is 5.28 Å². The minimum Gasteiger partial charge on any atom is -0.259 e. The molecule has 0 fully saturated rings. The number of fused-ring (bicyclic) bond motifs is 1. The van der Waals surface area contributed by atoms with Gasteiger partial charge in [0.25, 0.3) is 0 Å². The van der Waals surface area contributed by atoms with Gasteiger partial charge in [-0.2, -0.15) is 15.3 Å². The number of hydrogen-bond acceptors (Lipinski definition) is 4. The van der Waals surface area contributed by atoms with Crippen LogP contribution in [0, 0.1) is 11.3 Å². The van der Waals surface area contributed by atoms with E-state index in [0.29, 0.717) is 15.6 Å². The molecule has 2 aromatic heterocycles. The van der Waals surface area contributed by atoms with Crippen molar-refractivity contribution in [3.05, 3.63) is 15.6 Å². The summed E-state index contributed by atoms with van der Waals surface area (Å²) in [6, 6.07) is 1.91. The van der Waals surface area contributed by atoms with Crippen molar-refractivity contribution in [3.8, 4) is 6.07 Å². The summed E-state index contributed by atoms with van der Waals surface area (Å²) in [7, 11) is 0. The minimum atomic E-state index is 0.0280. The largest absolute Gasteiger partial charge is 0.259 e. The first-order valence-electron chi connectivity index (χ1n) is 3.19. The second kappa shape index (κ2) is 2.94. The lowest BCUT2D eigenvalue weighted by Gasteiger charge is -1.92. The fourth-order valence-corrected chi connectivity index (χ4v) is 1.58. The van der Waals surface area contributed by atoms with Gasteiger partial charge in [-0.15, -0.1) is 0 Å². The Labute approximate surface area is 85.9 Å². The SMILES string of the molecule is N#Cc1nc(Cl)nc2[nH]nc(Br)c12. The van der Waals surface area contributed by atoms with Crippen molar-refractivity contribution in [2.45, 2.75) is 0 Å². The van der Waals surface area contributed by atoms with E-state index in [-0.39, 0.29) is 11.0 Å². The third kappa shape index (κ3) is 1.26. The molecule has 0 amide bonds. The molecule has 0 bridgehead atoms. The number of halogens is 2. The zero-order valence-corrected chi connectivity index (χ0v) is 8.39. The Balaban J connectivity index is 2.95. The molecule has 0 aliphatic rings. The highest BCUT2D eigenvalue weighted by Crippen LogP contribution is 2.22. The van der Waals surface area contributed by atoms with Crippen LogP contribution in [0.5, 0.6) is 0 Å². The summed E-state index contributed by atoms with van der Waals surface area (Å²) < 4.78 is 0.510. The first-order chi connectivity index (χ1) is 6.22. The molecule has 2 heterocycles. The van der Waals surface area contributed by atoms with Crippen LogP contribution in [-0.2, 0) is 0 Å². The van der Waals surface area contributed by atoms with Crippen LogP contribution in [-0.4, -0.2) is 20.2 Å². The summed E-state index contributed by atoms with van der Waals surface area (Å²) in [5.41, 5.74) is 0.652. The van der Waals surface area contributed by atoms with Crippen LogP contribution in [0.4, 0.5) is 0 Å². The molecule has 0 aliphatic heterocycles. The Hall–Kier alpha value is -1.19. The van der Waals surface area contributed by atoms with E-state index >= 15 is 0 Å². The summed E-state index contributed by atoms with van der Waals surface area (Å²) in [5, 5.41) is 15.8. The van der Waals surface area contributed by atoms with Crippen molar-refractivity contribution in [2.24, 2.45) is 0 Å². The number of nitriles is 1. The normalized spacial score (nSPS) is 10.2. The lowest BCUT2D eigenvalue weighted by molar-refractivity contribution is 1.07. The number of hydrogen-bond donors (Lipinski definition) is 1. The molecule has 1 N–H and O–H groups in total. The Morgan fingerprint density at radius 2 is 2.23 bits per heavy atom. The van der Waals surface area contributed by atoms with Crippen molar-refractivity contribution in [3.63, 3.8) is 0 Å². The van der Waals surface area contributed by atoms with Gasteiger partial charge in [-0.1, -0.05) is 0 Å². The Bertz CT molecular complexity index is 513. The minimum absolute atomic E-state index is 0.0280. The van der Waals surface area contributed by atoms with Gasteiger partial charge in [0, 0.05) is 0 Å². The molecule has 0 saturated heterocycles. The summed E-state index contributed by atoms with van der Waals surface area (Å²) in [5.74, 6) is 0. The van der Waals surface area contributed by atoms with E-state index in [1.165, 1.54) is 0 Å². The van der Waals surface area contributed by atoms with E-state index in [1.54, 1.807) is 0 Å². The first kappa shape index (κ1) is 8.41. The molecule has 13 heavy (non-hydrogen) atoms. The summed E-state index contributed by atoms with van der Waals surface area (Å²) >= 11 is 8.74. The van der Waals surface area contributed by atoms with Crippen LogP contribution < -0.4 is 0 Å². The monoisotopic (exact) mass is 257 g/mol. The molecule has 0 unspecified atom stereocenters. The average Bonchev–Trinajstić information content (AvgIpc) is 2.46. The molecular formula is C6HBrClN5. The zero-order chi connectivity index (χ0) is 9.42. The molecule has 0 atom stereocenters. The number of rotatable bonds is 0. The van der Waals surface area contributed by atoms with Crippen LogP contribution in [0.1, 0.15) is 5.69 Å². The quantitative estimate of drug-likeness (QED) is 0.729. The molecule has 64 valence electrons. The molecule has 2 rings (SSSR count). The molecule has 0 spiro atoms. The standard InChI is InChI=1S/C6HBrClN5/c7-4-3-2(1-9)10-6(8)11-5(3)13-12-4/h(H,10,11,12,13). The Kier molecular flexibility index (Phi) is 1.90. The summed E-state index contributed by atoms with van der Waals surface area (Å²) in [4.78, 5) is 7.62. The number of nitrogens with zero attached hydrogens (tertiary/aromatic N) is 4. The van der Waals surface area contributed by atoms with Gasteiger partial charge < -0.3 is 0 Å². The topological polar surface area (TPSA) is 78.2 Å². The summed E-state index contributed by atoms with van der Waals surface area (Å²) in [6.07, 6.45) is 0. The van der Waals surface area contributed by atoms with E-state index in [4.69, 9.17) is 16.9 Å². The van der Waals surface area contributed by atoms with E-state index in [2.05, 4.69) is 36.1 Å². The molecule has 0 saturated carbocycles. The van der Waals surface area contributed by atoms with E-state index < -0.39 is 0 Å². The number of nitrogens with one attached hydrogen (secondary N) is 1. The lowest BCUT2D eigenvalue weighted by atomic mass is 10.3. The van der Waals surface area contributed by atoms with Gasteiger partial charge in [0.05, 0.1) is 5.39 Å². The van der Waals surface area contributed by atoms with Gasteiger partial charge in [0.1, 0.15) is 10.7 Å². The molecule has 7 heteroatoms. The maximum atomic E-state index is 8.74. The molecule has 0 aromatic carbocycles. The second-order valence-electron chi connectivity index (χ2n) is 2.19. The van der Waals surface area contributed by atoms with Crippen molar-refractivity contribution >= 4 is 38.6 Å². The van der Waals surface area contributed by atoms with E-state index in [9.17, 15) is 0 Å². The number of H-pyrrole nitrogens is 1. The highest BCUT2D eigenvalue weighted by molar-refractivity contribution is 9.10. The van der Waals surface area contributed by atoms with Gasteiger partial charge in [-0.05, 0) is 27.5 Å². The number of aromatic nitrogens is 4. The predicted octanol–water partition coefficient (Wildman–Crippen LogP) is 1.64. The first-order valence-corrected chi connectivity index (χ1v) is 4.36. The Morgan fingerprint density at radius 1 is 1.46 bits per heavy atom. The third-order valence-corrected chi connectivity index (χ3v) is 2.20. The van der Waals surface area contributed by atoms with Crippen LogP contribution in [0.15, 0.2) is 4.60 Å². The molecular weight excluding hydrogens is 257 g/mol. The molecule has 5 nitrogen and oxygen atoms in total. The van der Waals surface area contributed by atoms with E-state index in [1.807, 2.05) is 6.07 Å². The third-order valence-electron chi connectivity index (χ3n) is 1.45. The van der Waals surface area contributed by atoms with Gasteiger partial charge in [0.15, 0.2) is 11.3 Å². The molecule has 2 aromatic rings. The zero-order valence-electron chi connectivity index (χ0n) is 6.04. The van der Waals surface area contributed by atoms with Crippen LogP contribution in [0.3, 0.4) is 0 Å². The number of aromatic amines is 1. The van der Waals surface area contributed by atoms with Gasteiger partial charge >= 0.3 is 0 Å². The Morgan fingerprint density at radius 3 is 2.92 bits per heavy atom. The molecule has 0 radical (unpaired) electrons. The highest BCUT2D eigenvalue weighted by atomic mass is 79.9. The second-order valence-corrected chi connectivity index (χ2v) is 3.28. The fourth-order valence-electron chi connectivity index (χ4n) is 0.949. The van der Waals surface area contributed by atoms with Gasteiger partial charge in [-0.3, -0.25) is 5.10 Å².